The number of fused-ring (bicyclic) bond motifs is 1. The van der Waals surface area contributed by atoms with Crippen molar-refractivity contribution in [3.63, 3.8) is 0 Å². The molecule has 1 heterocycles. The van der Waals surface area contributed by atoms with E-state index in [9.17, 15) is 9.59 Å². The zero-order valence-electron chi connectivity index (χ0n) is 17.0. The van der Waals surface area contributed by atoms with Crippen LogP contribution < -0.4 is 10.9 Å². The lowest BCUT2D eigenvalue weighted by Crippen LogP contribution is -2.30. The minimum absolute atomic E-state index is 0.226. The van der Waals surface area contributed by atoms with E-state index in [1.54, 1.807) is 36.4 Å². The Kier molecular flexibility index (Phi) is 6.50. The van der Waals surface area contributed by atoms with Gasteiger partial charge in [0, 0.05) is 18.5 Å². The van der Waals surface area contributed by atoms with Gasteiger partial charge in [0.05, 0.1) is 17.7 Å². The van der Waals surface area contributed by atoms with Crippen molar-refractivity contribution in [3.05, 3.63) is 107 Å². The number of aromatic nitrogens is 2. The molecule has 0 bridgehead atoms. The zero-order valence-corrected chi connectivity index (χ0v) is 17.0. The van der Waals surface area contributed by atoms with Crippen molar-refractivity contribution in [2.45, 2.75) is 13.0 Å². The van der Waals surface area contributed by atoms with Crippen molar-refractivity contribution in [1.82, 2.24) is 15.1 Å². The molecule has 0 aliphatic carbocycles. The van der Waals surface area contributed by atoms with E-state index in [0.717, 1.165) is 5.56 Å². The fourth-order valence-electron chi connectivity index (χ4n) is 3.33. The average Bonchev–Trinajstić information content (AvgIpc) is 2.83. The Labute approximate surface area is 180 Å². The Balaban J connectivity index is 1.45. The zero-order chi connectivity index (χ0) is 21.5. The van der Waals surface area contributed by atoms with Crippen LogP contribution in [0.2, 0.25) is 0 Å². The highest BCUT2D eigenvalue weighted by molar-refractivity contribution is 6.04. The Morgan fingerprint density at radius 1 is 0.871 bits per heavy atom. The van der Waals surface area contributed by atoms with E-state index < -0.39 is 0 Å². The number of amides is 1. The maximum absolute atomic E-state index is 12.9. The summed E-state index contributed by atoms with van der Waals surface area (Å²) in [5.41, 5.74) is 1.70. The monoisotopic (exact) mass is 413 g/mol. The van der Waals surface area contributed by atoms with Gasteiger partial charge in [-0.3, -0.25) is 9.59 Å². The van der Waals surface area contributed by atoms with Crippen LogP contribution in [0, 0.1) is 0 Å². The van der Waals surface area contributed by atoms with E-state index in [1.807, 2.05) is 48.5 Å². The van der Waals surface area contributed by atoms with Crippen molar-refractivity contribution in [2.75, 3.05) is 13.2 Å². The van der Waals surface area contributed by atoms with Gasteiger partial charge in [-0.15, -0.1) is 0 Å². The number of para-hydroxylation sites is 1. The molecule has 0 spiro atoms. The van der Waals surface area contributed by atoms with E-state index in [1.165, 1.54) is 4.68 Å². The van der Waals surface area contributed by atoms with Crippen molar-refractivity contribution in [3.8, 4) is 5.69 Å². The number of ether oxygens (including phenoxy) is 1. The number of hydrogen-bond donors (Lipinski definition) is 1. The Morgan fingerprint density at radius 3 is 2.26 bits per heavy atom. The lowest BCUT2D eigenvalue weighted by atomic mass is 10.1. The van der Waals surface area contributed by atoms with Crippen molar-refractivity contribution >= 4 is 16.7 Å². The lowest BCUT2D eigenvalue weighted by Gasteiger charge is -2.11. The third-order valence-electron chi connectivity index (χ3n) is 4.88. The van der Waals surface area contributed by atoms with Crippen LogP contribution in [0.25, 0.3) is 16.5 Å². The second-order valence-electron chi connectivity index (χ2n) is 7.09. The number of nitrogens with zero attached hydrogens (tertiary/aromatic N) is 2. The fraction of sp³-hybridized carbons (Fsp3) is 0.160. The molecule has 0 fully saturated rings. The van der Waals surface area contributed by atoms with E-state index in [2.05, 4.69) is 10.4 Å². The Morgan fingerprint density at radius 2 is 1.52 bits per heavy atom. The van der Waals surface area contributed by atoms with Crippen molar-refractivity contribution < 1.29 is 9.53 Å². The molecule has 0 radical (unpaired) electrons. The highest BCUT2D eigenvalue weighted by atomic mass is 16.5. The first-order chi connectivity index (χ1) is 15.2. The lowest BCUT2D eigenvalue weighted by molar-refractivity contribution is 0.0930. The van der Waals surface area contributed by atoms with Crippen LogP contribution >= 0.6 is 0 Å². The van der Waals surface area contributed by atoms with E-state index in [0.29, 0.717) is 42.6 Å². The second kappa shape index (κ2) is 9.82. The highest BCUT2D eigenvalue weighted by Gasteiger charge is 2.17. The van der Waals surface area contributed by atoms with Gasteiger partial charge in [-0.25, -0.2) is 0 Å². The number of benzene rings is 3. The molecule has 4 aromatic rings. The summed E-state index contributed by atoms with van der Waals surface area (Å²) in [6, 6.07) is 26.1. The van der Waals surface area contributed by atoms with Crippen LogP contribution in [-0.4, -0.2) is 28.8 Å². The van der Waals surface area contributed by atoms with E-state index in [4.69, 9.17) is 4.74 Å². The molecule has 0 atom stereocenters. The third-order valence-corrected chi connectivity index (χ3v) is 4.88. The predicted octanol–water partition coefficient (Wildman–Crippen LogP) is 3.72. The largest absolute Gasteiger partial charge is 0.377 e. The molecule has 1 aromatic heterocycles. The number of rotatable bonds is 8. The van der Waals surface area contributed by atoms with Crippen LogP contribution in [0.3, 0.4) is 0 Å². The summed E-state index contributed by atoms with van der Waals surface area (Å²) in [5.74, 6) is -0.316. The molecule has 0 saturated heterocycles. The first-order valence-corrected chi connectivity index (χ1v) is 10.2. The normalized spacial score (nSPS) is 10.8. The van der Waals surface area contributed by atoms with E-state index >= 15 is 0 Å². The van der Waals surface area contributed by atoms with Crippen LogP contribution in [0.1, 0.15) is 22.5 Å². The molecular formula is C25H23N3O3. The Hall–Kier alpha value is -3.77. The van der Waals surface area contributed by atoms with E-state index in [-0.39, 0.29) is 17.2 Å². The molecule has 0 aliphatic heterocycles. The summed E-state index contributed by atoms with van der Waals surface area (Å²) in [6.07, 6.45) is 0.675. The smallest absolute Gasteiger partial charge is 0.279 e. The van der Waals surface area contributed by atoms with Crippen LogP contribution in [-0.2, 0) is 11.3 Å². The summed E-state index contributed by atoms with van der Waals surface area (Å²) >= 11 is 0. The summed E-state index contributed by atoms with van der Waals surface area (Å²) < 4.78 is 6.94. The number of carbonyl (C=O) groups excluding carboxylic acids is 1. The summed E-state index contributed by atoms with van der Waals surface area (Å²) in [4.78, 5) is 25.8. The molecule has 4 rings (SSSR count). The number of hydrogen-bond acceptors (Lipinski definition) is 4. The van der Waals surface area contributed by atoms with Gasteiger partial charge >= 0.3 is 0 Å². The quantitative estimate of drug-likeness (QED) is 0.447. The third kappa shape index (κ3) is 4.87. The van der Waals surface area contributed by atoms with Crippen LogP contribution in [0.5, 0.6) is 0 Å². The molecule has 0 unspecified atom stereocenters. The highest BCUT2D eigenvalue weighted by Crippen LogP contribution is 2.15. The molecule has 1 amide bonds. The maximum atomic E-state index is 12.9. The summed E-state index contributed by atoms with van der Waals surface area (Å²) in [5, 5.41) is 8.27. The van der Waals surface area contributed by atoms with Gasteiger partial charge in [-0.05, 0) is 30.2 Å². The molecule has 1 N–H and O–H groups in total. The number of nitrogens with one attached hydrogen (secondary N) is 1. The van der Waals surface area contributed by atoms with Gasteiger partial charge in [0.25, 0.3) is 11.5 Å². The van der Waals surface area contributed by atoms with Gasteiger partial charge in [0.15, 0.2) is 5.69 Å². The SMILES string of the molecule is O=C(NCCCOCc1ccccc1)c1nn(-c2ccccc2)c(=O)c2ccccc12. The average molecular weight is 413 g/mol. The molecule has 6 nitrogen and oxygen atoms in total. The first-order valence-electron chi connectivity index (χ1n) is 10.2. The van der Waals surface area contributed by atoms with Crippen LogP contribution in [0.15, 0.2) is 89.7 Å². The van der Waals surface area contributed by atoms with Gasteiger partial charge in [-0.2, -0.15) is 9.78 Å². The topological polar surface area (TPSA) is 73.2 Å². The summed E-state index contributed by atoms with van der Waals surface area (Å²) in [7, 11) is 0. The molecular weight excluding hydrogens is 390 g/mol. The standard InChI is InChI=1S/C25H23N3O3/c29-24(26-16-9-17-31-18-19-10-3-1-4-11-19)23-21-14-7-8-15-22(21)25(30)28(27-23)20-12-5-2-6-13-20/h1-8,10-15H,9,16-18H2,(H,26,29). The second-order valence-corrected chi connectivity index (χ2v) is 7.09. The predicted molar refractivity (Wildman–Crippen MR) is 120 cm³/mol. The van der Waals surface area contributed by atoms with Crippen LogP contribution in [0.4, 0.5) is 0 Å². The molecule has 156 valence electrons. The summed E-state index contributed by atoms with van der Waals surface area (Å²) in [6.45, 7) is 1.53. The molecule has 0 aliphatic rings. The fourth-order valence-corrected chi connectivity index (χ4v) is 3.33. The first kappa shape index (κ1) is 20.5. The molecule has 31 heavy (non-hydrogen) atoms. The van der Waals surface area contributed by atoms with Gasteiger partial charge in [-0.1, -0.05) is 66.7 Å². The Bertz CT molecular complexity index is 1220. The number of carbonyl (C=O) groups is 1. The molecule has 0 saturated carbocycles. The van der Waals surface area contributed by atoms with Gasteiger partial charge in [0.1, 0.15) is 0 Å². The van der Waals surface area contributed by atoms with Crippen molar-refractivity contribution in [2.24, 2.45) is 0 Å². The molecule has 6 heteroatoms. The van der Waals surface area contributed by atoms with Gasteiger partial charge < -0.3 is 10.1 Å². The van der Waals surface area contributed by atoms with Gasteiger partial charge in [0.2, 0.25) is 0 Å². The maximum Gasteiger partial charge on any atom is 0.279 e. The minimum Gasteiger partial charge on any atom is -0.377 e. The van der Waals surface area contributed by atoms with Crippen molar-refractivity contribution in [1.29, 1.82) is 0 Å². The molecule has 3 aromatic carbocycles. The minimum atomic E-state index is -0.316.